The summed E-state index contributed by atoms with van der Waals surface area (Å²) in [6.07, 6.45) is -41.8. The van der Waals surface area contributed by atoms with Crippen molar-refractivity contribution in [2.24, 2.45) is 0 Å². The van der Waals surface area contributed by atoms with Crippen molar-refractivity contribution >= 4 is 5.97 Å². The Balaban J connectivity index is 1.28. The Morgan fingerprint density at radius 1 is 0.366 bits per heavy atom. The van der Waals surface area contributed by atoms with E-state index in [2.05, 4.69) is 6.92 Å². The van der Waals surface area contributed by atoms with Crippen LogP contribution in [0.5, 0.6) is 0 Å². The van der Waals surface area contributed by atoms with Crippen molar-refractivity contribution in [3.63, 3.8) is 0 Å². The summed E-state index contributed by atoms with van der Waals surface area (Å²) < 4.78 is 73.2. The average Bonchev–Trinajstić information content (AvgIpc) is 2.81. The molecule has 0 radical (unpaired) electrons. The molecule has 6 fully saturated rings. The molecule has 6 aliphatic rings. The number of carboxylic acids is 1. The summed E-state index contributed by atoms with van der Waals surface area (Å²) >= 11 is 0. The fraction of sp³-hybridized carbons (Fsp3) is 0.981. The normalized spacial score (nSPS) is 46.1. The Morgan fingerprint density at radius 2 is 0.720 bits per heavy atom. The minimum absolute atomic E-state index is 0.129. The summed E-state index contributed by atoms with van der Waals surface area (Å²) in [5, 5.41) is 175. The van der Waals surface area contributed by atoms with Crippen molar-refractivity contribution in [2.75, 3.05) is 13.2 Å². The van der Waals surface area contributed by atoms with E-state index in [0.29, 0.717) is 19.3 Å². The molecule has 31 atom stereocenters. The Bertz CT molecular complexity index is 1850. The van der Waals surface area contributed by atoms with Gasteiger partial charge in [0.25, 0.3) is 0 Å². The van der Waals surface area contributed by atoms with Gasteiger partial charge in [0.1, 0.15) is 122 Å². The van der Waals surface area contributed by atoms with E-state index in [0.717, 1.165) is 64.2 Å². The zero-order valence-corrected chi connectivity index (χ0v) is 47.2. The van der Waals surface area contributed by atoms with Gasteiger partial charge in [0.15, 0.2) is 37.7 Å². The van der Waals surface area contributed by atoms with Gasteiger partial charge in [-0.15, -0.1) is 0 Å². The second-order valence-electron chi connectivity index (χ2n) is 22.7. The predicted octanol–water partition coefficient (Wildman–Crippen LogP) is -4.03. The SMILES string of the molecule is CCCCCC[C@H](CCCCCCCCCC(=O)O)O[C@@H]1O[C@H](C)[C@@H](O)[C@H](O)[C@H]1O[C@@H]1O[C@H](CO)[C@@H](O)[C@H](O)[C@H]1O[C@@H]1O[C@@H](C)[C@H](O[C@@H]2O[C@H](C)[C@H](O)[C@H](O)[C@H]2O)[C@@H](O[C@H]2O[C@@H](CO)[C@H](O)[C@@H](O)[C@@H]2O[C@H]2O[C@@H](C)[C@H](O)[C@@H](O)[C@@H]2O)[C@H]1O. The summed E-state index contributed by atoms with van der Waals surface area (Å²) in [5.41, 5.74) is 0. The van der Waals surface area contributed by atoms with Crippen LogP contribution in [0.1, 0.15) is 125 Å². The van der Waals surface area contributed by atoms with E-state index in [1.807, 2.05) is 0 Å². The van der Waals surface area contributed by atoms with Crippen molar-refractivity contribution in [3.8, 4) is 0 Å². The van der Waals surface area contributed by atoms with Crippen LogP contribution in [0, 0.1) is 0 Å². The van der Waals surface area contributed by atoms with E-state index in [1.54, 1.807) is 0 Å². The number of aliphatic hydroxyl groups is 15. The Kier molecular flexibility index (Phi) is 27.6. The topological polar surface area (TPSA) is 452 Å². The maximum absolute atomic E-state index is 12.5. The predicted molar refractivity (Wildman–Crippen MR) is 274 cm³/mol. The minimum atomic E-state index is -2.20. The molecule has 0 amide bonds. The number of carboxylic acid groups (broad SMARTS) is 1. The highest BCUT2D eigenvalue weighted by Crippen LogP contribution is 2.39. The van der Waals surface area contributed by atoms with Crippen LogP contribution in [0.25, 0.3) is 0 Å². The number of hydrogen-bond donors (Lipinski definition) is 16. The van der Waals surface area contributed by atoms with Gasteiger partial charge in [0, 0.05) is 6.42 Å². The molecular weight excluding hydrogens is 1100 g/mol. The van der Waals surface area contributed by atoms with Gasteiger partial charge in [-0.1, -0.05) is 71.1 Å². The van der Waals surface area contributed by atoms with Crippen LogP contribution in [-0.4, -0.2) is 291 Å². The lowest BCUT2D eigenvalue weighted by Gasteiger charge is -2.51. The smallest absolute Gasteiger partial charge is 0.303 e. The summed E-state index contributed by atoms with van der Waals surface area (Å²) in [4.78, 5) is 10.9. The first-order chi connectivity index (χ1) is 38.9. The van der Waals surface area contributed by atoms with E-state index in [1.165, 1.54) is 27.7 Å². The number of aliphatic hydroxyl groups excluding tert-OH is 15. The van der Waals surface area contributed by atoms with Crippen LogP contribution in [0.3, 0.4) is 0 Å². The van der Waals surface area contributed by atoms with Crippen molar-refractivity contribution in [1.82, 2.24) is 0 Å². The fourth-order valence-electron chi connectivity index (χ4n) is 11.1. The molecule has 0 saturated carbocycles. The van der Waals surface area contributed by atoms with Crippen molar-refractivity contribution in [3.05, 3.63) is 0 Å². The van der Waals surface area contributed by atoms with Crippen LogP contribution >= 0.6 is 0 Å². The number of rotatable bonds is 29. The lowest BCUT2D eigenvalue weighted by atomic mass is 9.95. The molecule has 6 heterocycles. The third-order valence-corrected chi connectivity index (χ3v) is 16.4. The molecule has 16 N–H and O–H groups in total. The summed E-state index contributed by atoms with van der Waals surface area (Å²) in [6, 6.07) is 0. The highest BCUT2D eigenvalue weighted by atomic mass is 16.8. The summed E-state index contributed by atoms with van der Waals surface area (Å²) in [7, 11) is 0. The Labute approximate surface area is 476 Å². The van der Waals surface area contributed by atoms with Gasteiger partial charge in [-0.05, 0) is 47.0 Å². The van der Waals surface area contributed by atoms with Crippen LogP contribution in [0.15, 0.2) is 0 Å². The summed E-state index contributed by atoms with van der Waals surface area (Å²) in [5.74, 6) is -0.822. The molecule has 6 saturated heterocycles. The standard InChI is InChI=1S/C53H94O29/c1-6-7-8-14-17-26(18-15-12-10-9-11-13-16-19-29(56)57)75-51-45(37(65)32(60)24(4)73-51)82-53-47(39(67)34(62)28(21-55)77-53)81-50-42(70)44(43(25(5)74-50)78-48-40(68)35(63)30(58)22(2)71-48)79-52-46(38(66)33(61)27(20-54)76-52)80-49-41(69)36(64)31(59)23(3)72-49/h22-28,30-55,58-70H,6-21H2,1-5H3,(H,56,57)/t22-,23+,24-,25+,26-,27+,28-,30+,31+,32-,33+,34-,35+,36-,37+,38-,39+,40-,41+,42-,43+,44+,45-,46+,47-,48+,49-,50+,51+,52-,53+/m1/s1. The first kappa shape index (κ1) is 69.5. The largest absolute Gasteiger partial charge is 0.481 e. The van der Waals surface area contributed by atoms with Crippen LogP contribution in [-0.2, 0) is 61.6 Å². The van der Waals surface area contributed by atoms with Gasteiger partial charge in [-0.2, -0.15) is 0 Å². The highest BCUT2D eigenvalue weighted by Gasteiger charge is 2.58. The second kappa shape index (κ2) is 32.6. The molecule has 480 valence electrons. The first-order valence-electron chi connectivity index (χ1n) is 29.1. The number of unbranched alkanes of at least 4 members (excludes halogenated alkanes) is 9. The molecule has 0 aromatic rings. The van der Waals surface area contributed by atoms with Crippen LogP contribution < -0.4 is 0 Å². The lowest BCUT2D eigenvalue weighted by molar-refractivity contribution is -0.414. The van der Waals surface area contributed by atoms with Crippen molar-refractivity contribution in [2.45, 2.75) is 315 Å². The molecule has 29 nitrogen and oxygen atoms in total. The number of carbonyl (C=O) groups is 1. The average molecular weight is 1200 g/mol. The van der Waals surface area contributed by atoms with Crippen LogP contribution in [0.4, 0.5) is 0 Å². The molecular formula is C53H94O29. The molecule has 0 unspecified atom stereocenters. The molecule has 29 heteroatoms. The number of ether oxygens (including phenoxy) is 12. The van der Waals surface area contributed by atoms with Gasteiger partial charge in [-0.25, -0.2) is 0 Å². The van der Waals surface area contributed by atoms with E-state index in [4.69, 9.17) is 61.9 Å². The first-order valence-corrected chi connectivity index (χ1v) is 29.1. The zero-order chi connectivity index (χ0) is 60.3. The lowest BCUT2D eigenvalue weighted by Crippen LogP contribution is -2.69. The van der Waals surface area contributed by atoms with Gasteiger partial charge in [-0.3, -0.25) is 4.79 Å². The Morgan fingerprint density at radius 3 is 1.18 bits per heavy atom. The van der Waals surface area contributed by atoms with E-state index < -0.39 is 210 Å². The van der Waals surface area contributed by atoms with E-state index >= 15 is 0 Å². The van der Waals surface area contributed by atoms with Gasteiger partial charge >= 0.3 is 5.97 Å². The van der Waals surface area contributed by atoms with Crippen molar-refractivity contribution in [1.29, 1.82) is 0 Å². The fourth-order valence-corrected chi connectivity index (χ4v) is 11.1. The Hall–Kier alpha value is -1.61. The molecule has 6 rings (SSSR count). The maximum Gasteiger partial charge on any atom is 0.303 e. The third kappa shape index (κ3) is 17.4. The van der Waals surface area contributed by atoms with E-state index in [-0.39, 0.29) is 6.42 Å². The summed E-state index contributed by atoms with van der Waals surface area (Å²) in [6.45, 7) is 5.86. The molecule has 0 aliphatic carbocycles. The molecule has 82 heavy (non-hydrogen) atoms. The molecule has 0 bridgehead atoms. The quantitative estimate of drug-likeness (QED) is 0.0317. The number of hydrogen-bond acceptors (Lipinski definition) is 28. The van der Waals surface area contributed by atoms with Crippen LogP contribution in [0.2, 0.25) is 0 Å². The van der Waals surface area contributed by atoms with Gasteiger partial charge < -0.3 is 139 Å². The molecule has 0 spiro atoms. The van der Waals surface area contributed by atoms with Gasteiger partial charge in [0.05, 0.1) is 43.7 Å². The highest BCUT2D eigenvalue weighted by molar-refractivity contribution is 5.66. The maximum atomic E-state index is 12.5. The number of aliphatic carboxylic acids is 1. The minimum Gasteiger partial charge on any atom is -0.481 e. The molecule has 0 aromatic heterocycles. The monoisotopic (exact) mass is 1190 g/mol. The van der Waals surface area contributed by atoms with E-state index in [9.17, 15) is 81.4 Å². The second-order valence-corrected chi connectivity index (χ2v) is 22.7. The zero-order valence-electron chi connectivity index (χ0n) is 47.2. The van der Waals surface area contributed by atoms with Crippen molar-refractivity contribution < 1.29 is 143 Å². The molecule has 0 aromatic carbocycles. The third-order valence-electron chi connectivity index (χ3n) is 16.4. The molecule has 6 aliphatic heterocycles. The van der Waals surface area contributed by atoms with Gasteiger partial charge in [0.2, 0.25) is 0 Å².